The van der Waals surface area contributed by atoms with Crippen LogP contribution in [-0.2, 0) is 0 Å². The lowest BCUT2D eigenvalue weighted by atomic mass is 10.1. The zero-order chi connectivity index (χ0) is 18.7. The van der Waals surface area contributed by atoms with Gasteiger partial charge in [-0.15, -0.1) is 20.4 Å². The SMILES string of the molecule is Cc1ccc(-c2nnc(C(C)Sc3nnc(NCC(F)(F)F)s3)o2)cc1. The monoisotopic (exact) mass is 401 g/mol. The Balaban J connectivity index is 1.63. The molecule has 0 amide bonds. The average molecular weight is 401 g/mol. The van der Waals surface area contributed by atoms with Crippen LogP contribution < -0.4 is 5.32 Å². The number of halogens is 3. The van der Waals surface area contributed by atoms with Crippen molar-refractivity contribution in [1.29, 1.82) is 0 Å². The van der Waals surface area contributed by atoms with E-state index in [-0.39, 0.29) is 10.4 Å². The fraction of sp³-hybridized carbons (Fsp3) is 0.333. The van der Waals surface area contributed by atoms with Gasteiger partial charge < -0.3 is 9.73 Å². The van der Waals surface area contributed by atoms with Gasteiger partial charge in [0.25, 0.3) is 0 Å². The first-order chi connectivity index (χ1) is 12.3. The van der Waals surface area contributed by atoms with Gasteiger partial charge in [-0.2, -0.15) is 13.2 Å². The number of benzene rings is 1. The highest BCUT2D eigenvalue weighted by Crippen LogP contribution is 2.37. The van der Waals surface area contributed by atoms with Crippen LogP contribution >= 0.6 is 23.1 Å². The van der Waals surface area contributed by atoms with Crippen LogP contribution in [0.1, 0.15) is 23.6 Å². The molecule has 0 bridgehead atoms. The van der Waals surface area contributed by atoms with Crippen LogP contribution in [0.4, 0.5) is 18.3 Å². The highest BCUT2D eigenvalue weighted by atomic mass is 32.2. The molecule has 0 saturated carbocycles. The molecule has 26 heavy (non-hydrogen) atoms. The number of nitrogens with one attached hydrogen (secondary N) is 1. The molecule has 0 aliphatic heterocycles. The quantitative estimate of drug-likeness (QED) is 0.599. The van der Waals surface area contributed by atoms with Crippen molar-refractivity contribution in [3.8, 4) is 11.5 Å². The Hall–Kier alpha value is -2.14. The Labute approximate surface area is 155 Å². The molecule has 2 aromatic heterocycles. The second-order valence-electron chi connectivity index (χ2n) is 5.41. The molecule has 11 heteroatoms. The van der Waals surface area contributed by atoms with Gasteiger partial charge in [0, 0.05) is 5.56 Å². The number of thioether (sulfide) groups is 1. The molecule has 138 valence electrons. The predicted octanol–water partition coefficient (Wildman–Crippen LogP) is 4.72. The van der Waals surface area contributed by atoms with Gasteiger partial charge in [0.2, 0.25) is 16.9 Å². The zero-order valence-electron chi connectivity index (χ0n) is 13.7. The lowest BCUT2D eigenvalue weighted by molar-refractivity contribution is -0.115. The molecule has 2 heterocycles. The predicted molar refractivity (Wildman–Crippen MR) is 93.2 cm³/mol. The number of alkyl halides is 3. The molecule has 0 spiro atoms. The molecule has 1 aromatic carbocycles. The van der Waals surface area contributed by atoms with Crippen molar-refractivity contribution in [2.45, 2.75) is 29.6 Å². The molecular weight excluding hydrogens is 387 g/mol. The average Bonchev–Trinajstić information content (AvgIpc) is 3.22. The normalized spacial score (nSPS) is 13.0. The Bertz CT molecular complexity index is 863. The molecule has 0 radical (unpaired) electrons. The summed E-state index contributed by atoms with van der Waals surface area (Å²) in [5.41, 5.74) is 1.95. The first kappa shape index (κ1) is 18.6. The van der Waals surface area contributed by atoms with E-state index in [9.17, 15) is 13.2 Å². The minimum Gasteiger partial charge on any atom is -0.419 e. The molecule has 6 nitrogen and oxygen atoms in total. The van der Waals surface area contributed by atoms with Gasteiger partial charge in [0.05, 0.1) is 5.25 Å². The van der Waals surface area contributed by atoms with Gasteiger partial charge in [-0.25, -0.2) is 0 Å². The molecule has 1 N–H and O–H groups in total. The maximum Gasteiger partial charge on any atom is 0.405 e. The molecule has 0 aliphatic rings. The third-order valence-corrected chi connectivity index (χ3v) is 5.26. The lowest BCUT2D eigenvalue weighted by Crippen LogP contribution is -2.21. The maximum atomic E-state index is 12.2. The Kier molecular flexibility index (Phi) is 5.47. The summed E-state index contributed by atoms with van der Waals surface area (Å²) in [5.74, 6) is 0.822. The number of nitrogens with zero attached hydrogens (tertiary/aromatic N) is 4. The number of hydrogen-bond donors (Lipinski definition) is 1. The van der Waals surface area contributed by atoms with Gasteiger partial charge in [0.1, 0.15) is 6.54 Å². The van der Waals surface area contributed by atoms with Gasteiger partial charge >= 0.3 is 6.18 Å². The lowest BCUT2D eigenvalue weighted by Gasteiger charge is -2.05. The second kappa shape index (κ2) is 7.62. The third kappa shape index (κ3) is 4.94. The molecule has 1 atom stereocenters. The first-order valence-electron chi connectivity index (χ1n) is 7.51. The smallest absolute Gasteiger partial charge is 0.405 e. The zero-order valence-corrected chi connectivity index (χ0v) is 15.4. The van der Waals surface area contributed by atoms with Gasteiger partial charge in [-0.3, -0.25) is 0 Å². The summed E-state index contributed by atoms with van der Waals surface area (Å²) in [6.45, 7) is 2.69. The van der Waals surface area contributed by atoms with E-state index in [0.717, 1.165) is 22.5 Å². The third-order valence-electron chi connectivity index (χ3n) is 3.21. The highest BCUT2D eigenvalue weighted by Gasteiger charge is 2.27. The van der Waals surface area contributed by atoms with Crippen LogP contribution in [0, 0.1) is 6.92 Å². The number of aromatic nitrogens is 4. The number of aryl methyl sites for hydroxylation is 1. The number of anilines is 1. The fourth-order valence-electron chi connectivity index (χ4n) is 1.92. The van der Waals surface area contributed by atoms with Crippen LogP contribution in [0.3, 0.4) is 0 Å². The molecule has 0 fully saturated rings. The fourth-order valence-corrected chi connectivity index (χ4v) is 3.84. The van der Waals surface area contributed by atoms with Crippen LogP contribution in [0.25, 0.3) is 11.5 Å². The van der Waals surface area contributed by atoms with Crippen molar-refractivity contribution in [2.75, 3.05) is 11.9 Å². The summed E-state index contributed by atoms with van der Waals surface area (Å²) in [6.07, 6.45) is -4.30. The van der Waals surface area contributed by atoms with E-state index < -0.39 is 12.7 Å². The minimum atomic E-state index is -4.30. The van der Waals surface area contributed by atoms with Crippen LogP contribution in [0.15, 0.2) is 33.0 Å². The van der Waals surface area contributed by atoms with Gasteiger partial charge in [-0.05, 0) is 26.0 Å². The number of rotatable bonds is 6. The van der Waals surface area contributed by atoms with Gasteiger partial charge in [0.15, 0.2) is 4.34 Å². The Morgan fingerprint density at radius 1 is 1.15 bits per heavy atom. The molecule has 1 unspecified atom stereocenters. The van der Waals surface area contributed by atoms with E-state index in [1.807, 2.05) is 38.1 Å². The van der Waals surface area contributed by atoms with E-state index >= 15 is 0 Å². The van der Waals surface area contributed by atoms with E-state index in [1.54, 1.807) is 0 Å². The topological polar surface area (TPSA) is 76.7 Å². The first-order valence-corrected chi connectivity index (χ1v) is 9.21. The molecule has 3 rings (SSSR count). The number of hydrogen-bond acceptors (Lipinski definition) is 8. The van der Waals surface area contributed by atoms with Crippen molar-refractivity contribution in [3.05, 3.63) is 35.7 Å². The van der Waals surface area contributed by atoms with Crippen LogP contribution in [0.2, 0.25) is 0 Å². The van der Waals surface area contributed by atoms with Crippen molar-refractivity contribution in [3.63, 3.8) is 0 Å². The summed E-state index contributed by atoms with van der Waals surface area (Å²) in [7, 11) is 0. The summed E-state index contributed by atoms with van der Waals surface area (Å²) < 4.78 is 42.8. The van der Waals surface area contributed by atoms with Gasteiger partial charge in [-0.1, -0.05) is 40.8 Å². The standard InChI is InChI=1S/C15H14F3N5OS2/c1-8-3-5-10(6-4-8)12-21-20-11(24-12)9(2)25-14-23-22-13(26-14)19-7-15(16,17)18/h3-6,9H,7H2,1-2H3,(H,19,22). The molecule has 0 aliphatic carbocycles. The molecule has 3 aromatic rings. The van der Waals surface area contributed by atoms with E-state index in [2.05, 4.69) is 25.7 Å². The Morgan fingerprint density at radius 3 is 2.58 bits per heavy atom. The van der Waals surface area contributed by atoms with E-state index in [1.165, 1.54) is 11.8 Å². The van der Waals surface area contributed by atoms with Crippen LogP contribution in [-0.4, -0.2) is 33.1 Å². The minimum absolute atomic E-state index is 0.114. The maximum absolute atomic E-state index is 12.2. The summed E-state index contributed by atoms with van der Waals surface area (Å²) in [4.78, 5) is 0. The summed E-state index contributed by atoms with van der Waals surface area (Å²) in [5, 5.41) is 17.7. The second-order valence-corrected chi connectivity index (χ2v) is 7.98. The van der Waals surface area contributed by atoms with Crippen LogP contribution in [0.5, 0.6) is 0 Å². The largest absolute Gasteiger partial charge is 0.419 e. The van der Waals surface area contributed by atoms with Crippen molar-refractivity contribution < 1.29 is 17.6 Å². The van der Waals surface area contributed by atoms with E-state index in [4.69, 9.17) is 4.42 Å². The molecular formula is C15H14F3N5OS2. The van der Waals surface area contributed by atoms with Crippen molar-refractivity contribution in [2.24, 2.45) is 0 Å². The van der Waals surface area contributed by atoms with Crippen molar-refractivity contribution in [1.82, 2.24) is 20.4 Å². The molecule has 0 saturated heterocycles. The summed E-state index contributed by atoms with van der Waals surface area (Å²) in [6, 6.07) is 7.70. The Morgan fingerprint density at radius 2 is 1.88 bits per heavy atom. The van der Waals surface area contributed by atoms with Crippen molar-refractivity contribution >= 4 is 28.2 Å². The van der Waals surface area contributed by atoms with E-state index in [0.29, 0.717) is 16.1 Å². The summed E-state index contributed by atoms with van der Waals surface area (Å²) >= 11 is 2.33. The highest BCUT2D eigenvalue weighted by molar-refractivity contribution is 8.01.